The molecule has 1 fully saturated rings. The summed E-state index contributed by atoms with van der Waals surface area (Å²) in [5.74, 6) is 1.66. The Morgan fingerprint density at radius 3 is 2.68 bits per heavy atom. The van der Waals surface area contributed by atoms with Gasteiger partial charge in [0.2, 0.25) is 0 Å². The third-order valence-corrected chi connectivity index (χ3v) is 4.04. The summed E-state index contributed by atoms with van der Waals surface area (Å²) in [7, 11) is 0. The van der Waals surface area contributed by atoms with Crippen molar-refractivity contribution in [2.45, 2.75) is 46.1 Å². The standard InChI is InChI=1S/C14H21BrN2O2/c1-4-19-12(9-5-6-9)13-16-10(7-8(2)3)11(15)14(18)17-13/h8-9,12H,4-7H2,1-3H3,(H,16,17,18). The Morgan fingerprint density at radius 2 is 2.16 bits per heavy atom. The molecule has 1 heterocycles. The molecular formula is C14H21BrN2O2. The minimum absolute atomic E-state index is 0.0586. The van der Waals surface area contributed by atoms with Crippen LogP contribution in [0.5, 0.6) is 0 Å². The topological polar surface area (TPSA) is 55.0 Å². The first-order chi connectivity index (χ1) is 9.02. The molecule has 2 rings (SSSR count). The van der Waals surface area contributed by atoms with Crippen molar-refractivity contribution in [3.05, 3.63) is 26.3 Å². The highest BCUT2D eigenvalue weighted by molar-refractivity contribution is 9.10. The van der Waals surface area contributed by atoms with Crippen molar-refractivity contribution in [1.82, 2.24) is 9.97 Å². The van der Waals surface area contributed by atoms with Crippen LogP contribution >= 0.6 is 15.9 Å². The smallest absolute Gasteiger partial charge is 0.265 e. The molecule has 1 N–H and O–H groups in total. The van der Waals surface area contributed by atoms with E-state index in [1.165, 1.54) is 0 Å². The number of H-pyrrole nitrogens is 1. The van der Waals surface area contributed by atoms with Gasteiger partial charge >= 0.3 is 0 Å². The molecule has 0 bridgehead atoms. The first-order valence-electron chi connectivity index (χ1n) is 6.93. The Hall–Kier alpha value is -0.680. The number of halogens is 1. The summed E-state index contributed by atoms with van der Waals surface area (Å²) >= 11 is 3.34. The van der Waals surface area contributed by atoms with Gasteiger partial charge in [-0.25, -0.2) is 4.98 Å². The number of nitrogens with one attached hydrogen (secondary N) is 1. The first kappa shape index (κ1) is 14.7. The van der Waals surface area contributed by atoms with Crippen molar-refractivity contribution in [2.75, 3.05) is 6.61 Å². The zero-order valence-corrected chi connectivity index (χ0v) is 13.3. The van der Waals surface area contributed by atoms with Gasteiger partial charge in [-0.15, -0.1) is 0 Å². The number of hydrogen-bond acceptors (Lipinski definition) is 3. The number of aromatic nitrogens is 2. The van der Waals surface area contributed by atoms with E-state index >= 15 is 0 Å². The predicted octanol–water partition coefficient (Wildman–Crippen LogP) is 3.22. The van der Waals surface area contributed by atoms with Gasteiger partial charge in [0.25, 0.3) is 5.56 Å². The van der Waals surface area contributed by atoms with Crippen molar-refractivity contribution in [2.24, 2.45) is 11.8 Å². The van der Waals surface area contributed by atoms with Gasteiger partial charge in [0.15, 0.2) is 0 Å². The van der Waals surface area contributed by atoms with E-state index in [2.05, 4.69) is 39.7 Å². The molecule has 0 aromatic carbocycles. The number of hydrogen-bond donors (Lipinski definition) is 1. The van der Waals surface area contributed by atoms with Crippen molar-refractivity contribution >= 4 is 15.9 Å². The largest absolute Gasteiger partial charge is 0.370 e. The number of nitrogens with zero attached hydrogens (tertiary/aromatic N) is 1. The minimum Gasteiger partial charge on any atom is -0.370 e. The summed E-state index contributed by atoms with van der Waals surface area (Å²) in [6.45, 7) is 6.85. The Kier molecular flexibility index (Phi) is 4.79. The van der Waals surface area contributed by atoms with Crippen LogP contribution in [-0.2, 0) is 11.2 Å². The molecule has 1 aromatic rings. The molecule has 19 heavy (non-hydrogen) atoms. The summed E-state index contributed by atoms with van der Waals surface area (Å²) in [6.07, 6.45) is 3.05. The predicted molar refractivity (Wildman–Crippen MR) is 78.2 cm³/mol. The lowest BCUT2D eigenvalue weighted by molar-refractivity contribution is 0.0396. The van der Waals surface area contributed by atoms with Crippen LogP contribution in [0.4, 0.5) is 0 Å². The van der Waals surface area contributed by atoms with Crippen LogP contribution in [0.2, 0.25) is 0 Å². The monoisotopic (exact) mass is 328 g/mol. The fraction of sp³-hybridized carbons (Fsp3) is 0.714. The van der Waals surface area contributed by atoms with Crippen molar-refractivity contribution in [1.29, 1.82) is 0 Å². The van der Waals surface area contributed by atoms with Crippen LogP contribution in [0.1, 0.15) is 51.2 Å². The lowest BCUT2D eigenvalue weighted by Crippen LogP contribution is -2.21. The quantitative estimate of drug-likeness (QED) is 0.872. The summed E-state index contributed by atoms with van der Waals surface area (Å²) in [4.78, 5) is 19.5. The number of aromatic amines is 1. The molecule has 0 spiro atoms. The van der Waals surface area contributed by atoms with Crippen LogP contribution in [-0.4, -0.2) is 16.6 Å². The molecule has 0 saturated heterocycles. The maximum Gasteiger partial charge on any atom is 0.265 e. The SMILES string of the molecule is CCOC(c1nc(CC(C)C)c(Br)c(=O)[nH]1)C1CC1. The van der Waals surface area contributed by atoms with Crippen molar-refractivity contribution < 1.29 is 4.74 Å². The first-order valence-corrected chi connectivity index (χ1v) is 7.72. The van der Waals surface area contributed by atoms with Gasteiger partial charge in [-0.1, -0.05) is 13.8 Å². The van der Waals surface area contributed by atoms with Crippen LogP contribution in [0.15, 0.2) is 9.27 Å². The van der Waals surface area contributed by atoms with E-state index in [1.807, 2.05) is 6.92 Å². The molecule has 1 atom stereocenters. The summed E-state index contributed by atoms with van der Waals surface area (Å²) in [5.41, 5.74) is 0.727. The van der Waals surface area contributed by atoms with Gasteiger partial charge in [-0.05, 0) is 54.0 Å². The highest BCUT2D eigenvalue weighted by atomic mass is 79.9. The molecule has 1 aliphatic rings. The molecule has 1 aromatic heterocycles. The molecule has 1 unspecified atom stereocenters. The molecule has 1 aliphatic carbocycles. The second kappa shape index (κ2) is 6.18. The highest BCUT2D eigenvalue weighted by Gasteiger charge is 2.35. The maximum atomic E-state index is 12.0. The van der Waals surface area contributed by atoms with Crippen LogP contribution < -0.4 is 5.56 Å². The molecule has 0 amide bonds. The van der Waals surface area contributed by atoms with E-state index in [9.17, 15) is 4.79 Å². The molecular weight excluding hydrogens is 308 g/mol. The average molecular weight is 329 g/mol. The van der Waals surface area contributed by atoms with Crippen LogP contribution in [0.25, 0.3) is 0 Å². The average Bonchev–Trinajstić information content (AvgIpc) is 3.15. The normalized spacial score (nSPS) is 16.9. The Labute approximate surface area is 122 Å². The summed E-state index contributed by atoms with van der Waals surface area (Å²) in [5, 5.41) is 0. The zero-order chi connectivity index (χ0) is 14.0. The van der Waals surface area contributed by atoms with E-state index in [1.54, 1.807) is 0 Å². The molecule has 5 heteroatoms. The van der Waals surface area contributed by atoms with Gasteiger partial charge in [-0.3, -0.25) is 4.79 Å². The second-order valence-corrected chi connectivity index (χ2v) is 6.32. The lowest BCUT2D eigenvalue weighted by Gasteiger charge is -2.17. The molecule has 1 saturated carbocycles. The molecule has 4 nitrogen and oxygen atoms in total. The number of rotatable bonds is 6. The van der Waals surface area contributed by atoms with E-state index in [-0.39, 0.29) is 11.7 Å². The zero-order valence-electron chi connectivity index (χ0n) is 11.7. The van der Waals surface area contributed by atoms with E-state index in [0.717, 1.165) is 25.0 Å². The van der Waals surface area contributed by atoms with Gasteiger partial charge in [-0.2, -0.15) is 0 Å². The lowest BCUT2D eigenvalue weighted by atomic mass is 10.1. The third kappa shape index (κ3) is 3.66. The second-order valence-electron chi connectivity index (χ2n) is 5.52. The summed E-state index contributed by atoms with van der Waals surface area (Å²) in [6, 6.07) is 0. The van der Waals surface area contributed by atoms with Crippen LogP contribution in [0, 0.1) is 11.8 Å². The number of ether oxygens (including phenoxy) is 1. The van der Waals surface area contributed by atoms with Gasteiger partial charge < -0.3 is 9.72 Å². The Morgan fingerprint density at radius 1 is 1.47 bits per heavy atom. The van der Waals surface area contributed by atoms with E-state index in [0.29, 0.717) is 28.7 Å². The van der Waals surface area contributed by atoms with Gasteiger partial charge in [0.05, 0.1) is 5.69 Å². The summed E-state index contributed by atoms with van der Waals surface area (Å²) < 4.78 is 6.31. The Balaban J connectivity index is 2.34. The fourth-order valence-electron chi connectivity index (χ4n) is 2.20. The van der Waals surface area contributed by atoms with Crippen LogP contribution in [0.3, 0.4) is 0 Å². The van der Waals surface area contributed by atoms with Crippen molar-refractivity contribution in [3.63, 3.8) is 0 Å². The van der Waals surface area contributed by atoms with Gasteiger partial charge in [0, 0.05) is 6.61 Å². The third-order valence-electron chi connectivity index (χ3n) is 3.22. The fourth-order valence-corrected chi connectivity index (χ4v) is 2.55. The molecule has 0 radical (unpaired) electrons. The van der Waals surface area contributed by atoms with E-state index < -0.39 is 0 Å². The minimum atomic E-state index is -0.106. The Bertz CT molecular complexity index is 495. The van der Waals surface area contributed by atoms with Gasteiger partial charge in [0.1, 0.15) is 16.4 Å². The van der Waals surface area contributed by atoms with Crippen molar-refractivity contribution in [3.8, 4) is 0 Å². The highest BCUT2D eigenvalue weighted by Crippen LogP contribution is 2.42. The van der Waals surface area contributed by atoms with E-state index in [4.69, 9.17) is 4.74 Å². The molecule has 106 valence electrons. The molecule has 0 aliphatic heterocycles. The maximum absolute atomic E-state index is 12.0.